The van der Waals surface area contributed by atoms with Crippen LogP contribution >= 0.6 is 0 Å². The molecule has 1 aromatic heterocycles. The molecule has 0 atom stereocenters. The normalized spacial score (nSPS) is 11.8. The molecule has 2 rings (SSSR count). The Morgan fingerprint density at radius 1 is 1.33 bits per heavy atom. The number of fused-ring (bicyclic) bond motifs is 1. The van der Waals surface area contributed by atoms with Gasteiger partial charge in [-0.3, -0.25) is 9.59 Å². The maximum absolute atomic E-state index is 12.1. The van der Waals surface area contributed by atoms with E-state index in [9.17, 15) is 14.4 Å². The first-order valence-electron chi connectivity index (χ1n) is 6.75. The van der Waals surface area contributed by atoms with Gasteiger partial charge in [0.15, 0.2) is 0 Å². The minimum atomic E-state index is -1.08. The number of aromatic nitrogens is 2. The van der Waals surface area contributed by atoms with Gasteiger partial charge in [-0.2, -0.15) is 0 Å². The lowest BCUT2D eigenvalue weighted by atomic mass is 9.90. The number of hydrogen-bond acceptors (Lipinski definition) is 3. The van der Waals surface area contributed by atoms with Crippen molar-refractivity contribution in [2.75, 3.05) is 0 Å². The predicted molar refractivity (Wildman–Crippen MR) is 79.9 cm³/mol. The lowest BCUT2D eigenvalue weighted by molar-refractivity contribution is 0.0697. The second-order valence-electron chi connectivity index (χ2n) is 5.90. The first kappa shape index (κ1) is 15.0. The number of carboxylic acid groups (broad SMARTS) is 1. The number of carbonyl (C=O) groups is 1. The molecule has 0 radical (unpaired) electrons. The molecule has 0 aliphatic rings. The van der Waals surface area contributed by atoms with Gasteiger partial charge in [0.2, 0.25) is 0 Å². The van der Waals surface area contributed by atoms with E-state index in [-0.39, 0.29) is 11.0 Å². The van der Waals surface area contributed by atoms with Gasteiger partial charge < -0.3 is 14.7 Å². The number of nitrogens with zero attached hydrogens (tertiary/aromatic N) is 1. The predicted octanol–water partition coefficient (Wildman–Crippen LogP) is 1.82. The fourth-order valence-corrected chi connectivity index (χ4v) is 2.11. The van der Waals surface area contributed by atoms with Crippen LogP contribution in [0.15, 0.2) is 27.8 Å². The van der Waals surface area contributed by atoms with Crippen molar-refractivity contribution in [2.24, 2.45) is 5.41 Å². The average molecular weight is 290 g/mol. The van der Waals surface area contributed by atoms with Crippen molar-refractivity contribution in [1.29, 1.82) is 0 Å². The molecule has 0 spiro atoms. The topological polar surface area (TPSA) is 92.2 Å². The van der Waals surface area contributed by atoms with Crippen LogP contribution in [0.3, 0.4) is 0 Å². The van der Waals surface area contributed by atoms with E-state index in [4.69, 9.17) is 5.11 Å². The van der Waals surface area contributed by atoms with Gasteiger partial charge >= 0.3 is 17.1 Å². The highest BCUT2D eigenvalue weighted by Crippen LogP contribution is 2.23. The number of rotatable bonds is 4. The fourth-order valence-electron chi connectivity index (χ4n) is 2.11. The van der Waals surface area contributed by atoms with Crippen LogP contribution in [0, 0.1) is 5.41 Å². The molecular weight excluding hydrogens is 272 g/mol. The number of aromatic carboxylic acids is 1. The van der Waals surface area contributed by atoms with Gasteiger partial charge in [-0.05, 0) is 30.0 Å². The molecule has 6 nitrogen and oxygen atoms in total. The zero-order chi connectivity index (χ0) is 15.8. The number of H-pyrrole nitrogens is 1. The van der Waals surface area contributed by atoms with Crippen LogP contribution in [0.2, 0.25) is 0 Å². The molecule has 0 bridgehead atoms. The van der Waals surface area contributed by atoms with Crippen LogP contribution in [0.1, 0.15) is 37.6 Å². The maximum atomic E-state index is 12.1. The minimum Gasteiger partial charge on any atom is -0.478 e. The summed E-state index contributed by atoms with van der Waals surface area (Å²) in [6.45, 7) is 6.44. The third-order valence-electron chi connectivity index (χ3n) is 3.77. The third-order valence-corrected chi connectivity index (χ3v) is 3.77. The molecule has 2 N–H and O–H groups in total. The van der Waals surface area contributed by atoms with Gasteiger partial charge in [-0.1, -0.05) is 20.8 Å². The smallest absolute Gasteiger partial charge is 0.335 e. The molecule has 21 heavy (non-hydrogen) atoms. The van der Waals surface area contributed by atoms with Crippen LogP contribution < -0.4 is 11.1 Å². The van der Waals surface area contributed by atoms with E-state index < -0.39 is 17.1 Å². The molecule has 0 amide bonds. The lowest BCUT2D eigenvalue weighted by Gasteiger charge is -2.24. The summed E-state index contributed by atoms with van der Waals surface area (Å²) in [5.74, 6) is -1.08. The monoisotopic (exact) mass is 290 g/mol. The Hall–Kier alpha value is -2.37. The van der Waals surface area contributed by atoms with E-state index >= 15 is 0 Å². The molecule has 6 heteroatoms. The van der Waals surface area contributed by atoms with Crippen LogP contribution in [0.5, 0.6) is 0 Å². The summed E-state index contributed by atoms with van der Waals surface area (Å²) in [5.41, 5.74) is -0.546. The largest absolute Gasteiger partial charge is 0.478 e. The van der Waals surface area contributed by atoms with E-state index in [0.717, 1.165) is 6.42 Å². The highest BCUT2D eigenvalue weighted by Gasteiger charge is 2.19. The maximum Gasteiger partial charge on any atom is 0.335 e. The van der Waals surface area contributed by atoms with Crippen LogP contribution in [0.4, 0.5) is 0 Å². The SMILES string of the molecule is CCC(C)(C)Cn1c(=O)c(=O)[nH]c2cc(C(=O)O)ccc21. The molecule has 112 valence electrons. The Bertz CT molecular complexity index is 815. The van der Waals surface area contributed by atoms with Crippen molar-refractivity contribution < 1.29 is 9.90 Å². The summed E-state index contributed by atoms with van der Waals surface area (Å²) >= 11 is 0. The number of hydrogen-bond donors (Lipinski definition) is 2. The van der Waals surface area contributed by atoms with Gasteiger partial charge in [0.05, 0.1) is 16.6 Å². The summed E-state index contributed by atoms with van der Waals surface area (Å²) in [4.78, 5) is 37.3. The second-order valence-corrected chi connectivity index (χ2v) is 5.90. The fraction of sp³-hybridized carbons (Fsp3) is 0.400. The number of benzene rings is 1. The molecule has 1 aromatic carbocycles. The van der Waals surface area contributed by atoms with Gasteiger partial charge in [0.25, 0.3) is 0 Å². The lowest BCUT2D eigenvalue weighted by Crippen LogP contribution is -2.39. The highest BCUT2D eigenvalue weighted by molar-refractivity contribution is 5.92. The summed E-state index contributed by atoms with van der Waals surface area (Å²) in [6.07, 6.45) is 0.848. The quantitative estimate of drug-likeness (QED) is 0.840. The molecule has 0 unspecified atom stereocenters. The second kappa shape index (κ2) is 5.20. The summed E-state index contributed by atoms with van der Waals surface area (Å²) < 4.78 is 1.42. The highest BCUT2D eigenvalue weighted by atomic mass is 16.4. The molecule has 0 saturated carbocycles. The van der Waals surface area contributed by atoms with Crippen LogP contribution in [-0.2, 0) is 6.54 Å². The van der Waals surface area contributed by atoms with E-state index in [0.29, 0.717) is 17.6 Å². The molecule has 0 aliphatic carbocycles. The molecule has 0 saturated heterocycles. The summed E-state index contributed by atoms with van der Waals surface area (Å²) in [7, 11) is 0. The van der Waals surface area contributed by atoms with Crippen molar-refractivity contribution in [3.8, 4) is 0 Å². The third kappa shape index (κ3) is 2.89. The van der Waals surface area contributed by atoms with Crippen molar-refractivity contribution >= 4 is 17.0 Å². The molecule has 0 aliphatic heterocycles. The van der Waals surface area contributed by atoms with Gasteiger partial charge in [0, 0.05) is 6.54 Å². The Labute approximate surface area is 121 Å². The van der Waals surface area contributed by atoms with Crippen molar-refractivity contribution in [2.45, 2.75) is 33.7 Å². The molecule has 0 fully saturated rings. The Morgan fingerprint density at radius 2 is 2.00 bits per heavy atom. The van der Waals surface area contributed by atoms with E-state index in [2.05, 4.69) is 4.98 Å². The van der Waals surface area contributed by atoms with E-state index in [1.807, 2.05) is 20.8 Å². The number of nitrogens with one attached hydrogen (secondary N) is 1. The zero-order valence-electron chi connectivity index (χ0n) is 12.3. The zero-order valence-corrected chi connectivity index (χ0v) is 12.3. The van der Waals surface area contributed by atoms with Crippen LogP contribution in [-0.4, -0.2) is 20.6 Å². The Morgan fingerprint density at radius 3 is 2.57 bits per heavy atom. The summed E-state index contributed by atoms with van der Waals surface area (Å²) in [6, 6.07) is 4.35. The standard InChI is InChI=1S/C15H18N2O4/c1-4-15(2,3)8-17-11-6-5-9(14(20)21)7-10(11)16-12(18)13(17)19/h5-7H,4,8H2,1-3H3,(H,16,18)(H,20,21). The van der Waals surface area contributed by atoms with Gasteiger partial charge in [0.1, 0.15) is 0 Å². The van der Waals surface area contributed by atoms with E-state index in [1.54, 1.807) is 6.07 Å². The molecular formula is C15H18N2O4. The van der Waals surface area contributed by atoms with Crippen LogP contribution in [0.25, 0.3) is 11.0 Å². The van der Waals surface area contributed by atoms with Crippen molar-refractivity contribution in [3.05, 3.63) is 44.5 Å². The van der Waals surface area contributed by atoms with E-state index in [1.165, 1.54) is 16.7 Å². The Balaban J connectivity index is 2.74. The number of carboxylic acids is 1. The average Bonchev–Trinajstić information content (AvgIpc) is 2.43. The first-order chi connectivity index (χ1) is 9.75. The minimum absolute atomic E-state index is 0.0677. The first-order valence-corrected chi connectivity index (χ1v) is 6.75. The molecule has 1 heterocycles. The molecule has 2 aromatic rings. The summed E-state index contributed by atoms with van der Waals surface area (Å²) in [5, 5.41) is 9.00. The number of aromatic amines is 1. The van der Waals surface area contributed by atoms with Crippen molar-refractivity contribution in [3.63, 3.8) is 0 Å². The van der Waals surface area contributed by atoms with Crippen molar-refractivity contribution in [1.82, 2.24) is 9.55 Å². The van der Waals surface area contributed by atoms with Gasteiger partial charge in [-0.15, -0.1) is 0 Å². The van der Waals surface area contributed by atoms with Gasteiger partial charge in [-0.25, -0.2) is 4.79 Å². The Kier molecular flexibility index (Phi) is 3.72.